The number of hydrogen-bond donors (Lipinski definition) is 1. The van der Waals surface area contributed by atoms with E-state index in [9.17, 15) is 0 Å². The van der Waals surface area contributed by atoms with Crippen LogP contribution in [0, 0.1) is 6.92 Å². The molecule has 2 rings (SSSR count). The maximum Gasteiger partial charge on any atom is 0.161 e. The maximum absolute atomic E-state index is 4.61. The summed E-state index contributed by atoms with van der Waals surface area (Å²) >= 11 is 10.5. The van der Waals surface area contributed by atoms with Crippen molar-refractivity contribution in [2.75, 3.05) is 11.9 Å². The monoisotopic (exact) mass is 461 g/mol. The summed E-state index contributed by atoms with van der Waals surface area (Å²) in [6, 6.07) is 6.00. The third-order valence-corrected chi connectivity index (χ3v) is 5.57. The van der Waals surface area contributed by atoms with Gasteiger partial charge in [-0.15, -0.1) is 0 Å². The van der Waals surface area contributed by atoms with Crippen LogP contribution in [0.5, 0.6) is 0 Å². The third-order valence-electron chi connectivity index (χ3n) is 2.74. The molecule has 1 N–H and O–H groups in total. The number of rotatable bonds is 4. The van der Waals surface area contributed by atoms with E-state index >= 15 is 0 Å². The molecule has 0 unspecified atom stereocenters. The van der Waals surface area contributed by atoms with Crippen molar-refractivity contribution < 1.29 is 0 Å². The average Bonchev–Trinajstić information content (AvgIpc) is 2.43. The number of nitrogens with one attached hydrogen (secondary N) is 1. The van der Waals surface area contributed by atoms with Crippen molar-refractivity contribution in [3.05, 3.63) is 37.3 Å². The Kier molecular flexibility index (Phi) is 5.57. The van der Waals surface area contributed by atoms with Gasteiger partial charge in [-0.25, -0.2) is 9.97 Å². The Hall–Kier alpha value is -0.460. The largest absolute Gasteiger partial charge is 0.369 e. The lowest BCUT2D eigenvalue weighted by molar-refractivity contribution is 0.958. The van der Waals surface area contributed by atoms with Gasteiger partial charge >= 0.3 is 0 Å². The first-order chi connectivity index (χ1) is 9.52. The van der Waals surface area contributed by atoms with Gasteiger partial charge in [-0.2, -0.15) is 0 Å². The first kappa shape index (κ1) is 15.9. The zero-order chi connectivity index (χ0) is 14.7. The van der Waals surface area contributed by atoms with Crippen LogP contribution in [0.3, 0.4) is 0 Å². The lowest BCUT2D eigenvalue weighted by atomic mass is 10.2. The zero-order valence-electron chi connectivity index (χ0n) is 11.2. The van der Waals surface area contributed by atoms with Gasteiger partial charge in [0, 0.05) is 21.1 Å². The molecule has 0 bridgehead atoms. The van der Waals surface area contributed by atoms with Crippen LogP contribution in [-0.2, 0) is 0 Å². The molecule has 1 aromatic carbocycles. The van der Waals surface area contributed by atoms with Crippen molar-refractivity contribution in [3.8, 4) is 11.4 Å². The highest BCUT2D eigenvalue weighted by Gasteiger charge is 2.11. The van der Waals surface area contributed by atoms with Gasteiger partial charge in [-0.1, -0.05) is 6.92 Å². The second-order valence-electron chi connectivity index (χ2n) is 4.35. The minimum absolute atomic E-state index is 0.720. The average molecular weight is 464 g/mol. The topological polar surface area (TPSA) is 37.8 Å². The molecule has 0 saturated heterocycles. The number of halogens is 3. The number of benzene rings is 1. The number of aryl methyl sites for hydroxylation is 1. The third kappa shape index (κ3) is 3.59. The Bertz CT molecular complexity index is 629. The molecule has 0 radical (unpaired) electrons. The molecule has 1 aromatic heterocycles. The summed E-state index contributed by atoms with van der Waals surface area (Å²) in [5, 5.41) is 3.32. The van der Waals surface area contributed by atoms with Gasteiger partial charge in [-0.05, 0) is 79.3 Å². The molecule has 0 spiro atoms. The highest BCUT2D eigenvalue weighted by atomic mass is 79.9. The SMILES string of the molecule is CCCNc1nc(-c2ccc(Br)c(Br)c2)nc(C)c1Br. The predicted molar refractivity (Wildman–Crippen MR) is 94.1 cm³/mol. The van der Waals surface area contributed by atoms with Crippen LogP contribution in [-0.4, -0.2) is 16.5 Å². The van der Waals surface area contributed by atoms with Gasteiger partial charge < -0.3 is 5.32 Å². The number of hydrogen-bond acceptors (Lipinski definition) is 3. The Morgan fingerprint density at radius 1 is 1.10 bits per heavy atom. The molecule has 0 aliphatic carbocycles. The Morgan fingerprint density at radius 3 is 2.50 bits per heavy atom. The van der Waals surface area contributed by atoms with Crippen molar-refractivity contribution in [3.63, 3.8) is 0 Å². The molecule has 0 aliphatic heterocycles. The standard InChI is InChI=1S/C14H14Br3N3/c1-3-6-18-14-12(17)8(2)19-13(20-14)9-4-5-10(15)11(16)7-9/h4-5,7H,3,6H2,1-2H3,(H,18,19,20). The predicted octanol–water partition coefficient (Wildman–Crippen LogP) is 5.56. The molecular weight excluding hydrogens is 450 g/mol. The second-order valence-corrected chi connectivity index (χ2v) is 6.85. The van der Waals surface area contributed by atoms with Crippen LogP contribution in [0.4, 0.5) is 5.82 Å². The van der Waals surface area contributed by atoms with Gasteiger partial charge in [0.15, 0.2) is 5.82 Å². The van der Waals surface area contributed by atoms with Crippen molar-refractivity contribution in [2.45, 2.75) is 20.3 Å². The van der Waals surface area contributed by atoms with E-state index in [1.165, 1.54) is 0 Å². The summed E-state index contributed by atoms with van der Waals surface area (Å²) < 4.78 is 2.92. The summed E-state index contributed by atoms with van der Waals surface area (Å²) in [5.41, 5.74) is 1.91. The summed E-state index contributed by atoms with van der Waals surface area (Å²) in [5.74, 6) is 1.56. The van der Waals surface area contributed by atoms with Crippen molar-refractivity contribution >= 4 is 53.6 Å². The summed E-state index contributed by atoms with van der Waals surface area (Å²) in [7, 11) is 0. The lowest BCUT2D eigenvalue weighted by Gasteiger charge is -2.11. The molecule has 2 aromatic rings. The molecule has 0 atom stereocenters. The van der Waals surface area contributed by atoms with Gasteiger partial charge in [0.25, 0.3) is 0 Å². The fraction of sp³-hybridized carbons (Fsp3) is 0.286. The van der Waals surface area contributed by atoms with E-state index in [0.717, 1.165) is 49.3 Å². The van der Waals surface area contributed by atoms with Crippen LogP contribution in [0.15, 0.2) is 31.6 Å². The summed E-state index contributed by atoms with van der Waals surface area (Å²) in [4.78, 5) is 9.15. The summed E-state index contributed by atoms with van der Waals surface area (Å²) in [6.45, 7) is 4.99. The smallest absolute Gasteiger partial charge is 0.161 e. The first-order valence-electron chi connectivity index (χ1n) is 6.26. The van der Waals surface area contributed by atoms with E-state index in [2.05, 4.69) is 70.0 Å². The van der Waals surface area contributed by atoms with Crippen LogP contribution < -0.4 is 5.32 Å². The first-order valence-corrected chi connectivity index (χ1v) is 8.64. The Labute approximate surface area is 144 Å². The Morgan fingerprint density at radius 2 is 1.85 bits per heavy atom. The molecule has 0 amide bonds. The van der Waals surface area contributed by atoms with Crippen LogP contribution in [0.25, 0.3) is 11.4 Å². The van der Waals surface area contributed by atoms with Crippen molar-refractivity contribution in [2.24, 2.45) is 0 Å². The van der Waals surface area contributed by atoms with E-state index in [4.69, 9.17) is 0 Å². The Balaban J connectivity index is 2.45. The van der Waals surface area contributed by atoms with Crippen LogP contribution in [0.1, 0.15) is 19.0 Å². The molecular formula is C14H14Br3N3. The molecule has 1 heterocycles. The lowest BCUT2D eigenvalue weighted by Crippen LogP contribution is -2.06. The number of anilines is 1. The van der Waals surface area contributed by atoms with Crippen molar-refractivity contribution in [1.29, 1.82) is 0 Å². The molecule has 106 valence electrons. The molecule has 6 heteroatoms. The highest BCUT2D eigenvalue weighted by molar-refractivity contribution is 9.13. The quantitative estimate of drug-likeness (QED) is 0.644. The molecule has 0 fully saturated rings. The zero-order valence-corrected chi connectivity index (χ0v) is 15.9. The van der Waals surface area contributed by atoms with E-state index in [1.54, 1.807) is 0 Å². The second kappa shape index (κ2) is 7.00. The molecule has 0 saturated carbocycles. The molecule has 3 nitrogen and oxygen atoms in total. The van der Waals surface area contributed by atoms with E-state index in [0.29, 0.717) is 0 Å². The maximum atomic E-state index is 4.61. The van der Waals surface area contributed by atoms with E-state index in [-0.39, 0.29) is 0 Å². The van der Waals surface area contributed by atoms with E-state index < -0.39 is 0 Å². The number of aromatic nitrogens is 2. The van der Waals surface area contributed by atoms with Gasteiger partial charge in [0.05, 0.1) is 10.2 Å². The molecule has 0 aliphatic rings. The fourth-order valence-electron chi connectivity index (χ4n) is 1.68. The van der Waals surface area contributed by atoms with Gasteiger partial charge in [0.2, 0.25) is 0 Å². The number of nitrogens with zero attached hydrogens (tertiary/aromatic N) is 2. The van der Waals surface area contributed by atoms with Crippen molar-refractivity contribution in [1.82, 2.24) is 9.97 Å². The minimum Gasteiger partial charge on any atom is -0.369 e. The fourth-order valence-corrected chi connectivity index (χ4v) is 2.63. The van der Waals surface area contributed by atoms with Gasteiger partial charge in [-0.3, -0.25) is 0 Å². The highest BCUT2D eigenvalue weighted by Crippen LogP contribution is 2.30. The normalized spacial score (nSPS) is 10.7. The van der Waals surface area contributed by atoms with Crippen LogP contribution >= 0.6 is 47.8 Å². The van der Waals surface area contributed by atoms with Crippen LogP contribution in [0.2, 0.25) is 0 Å². The van der Waals surface area contributed by atoms with E-state index in [1.807, 2.05) is 25.1 Å². The van der Waals surface area contributed by atoms with Gasteiger partial charge in [0.1, 0.15) is 5.82 Å². The minimum atomic E-state index is 0.720. The summed E-state index contributed by atoms with van der Waals surface area (Å²) in [6.07, 6.45) is 1.05. The molecule has 20 heavy (non-hydrogen) atoms.